The lowest BCUT2D eigenvalue weighted by Crippen LogP contribution is -2.52. The molecule has 0 spiro atoms. The van der Waals surface area contributed by atoms with Crippen LogP contribution in [0.1, 0.15) is 75.2 Å². The standard InChI is InChI=1S/C29H49N5O10/c1-27(2,3)41-24(38)31-14-12-30(20-23(37)44-34-21(35)10-11-22(34)36)13-15-32(25(39)42-28(4,5)6)17-19-33(18-16-31)26(40)43-29(7,8)9/h10-20H2,1-9H3. The zero-order valence-corrected chi connectivity index (χ0v) is 27.6. The molecule has 0 aliphatic carbocycles. The van der Waals surface area contributed by atoms with Gasteiger partial charge in [-0.2, -0.15) is 0 Å². The number of nitrogens with zero attached hydrogens (tertiary/aromatic N) is 5. The minimum absolute atomic E-state index is 0.0359. The highest BCUT2D eigenvalue weighted by Gasteiger charge is 2.34. The predicted octanol–water partition coefficient (Wildman–Crippen LogP) is 2.62. The first-order valence-electron chi connectivity index (χ1n) is 14.9. The Hall–Kier alpha value is -3.62. The van der Waals surface area contributed by atoms with Crippen molar-refractivity contribution in [1.29, 1.82) is 0 Å². The summed E-state index contributed by atoms with van der Waals surface area (Å²) in [7, 11) is 0. The molecule has 15 nitrogen and oxygen atoms in total. The summed E-state index contributed by atoms with van der Waals surface area (Å²) < 4.78 is 16.8. The van der Waals surface area contributed by atoms with Crippen molar-refractivity contribution in [3.63, 3.8) is 0 Å². The molecule has 2 saturated heterocycles. The summed E-state index contributed by atoms with van der Waals surface area (Å²) in [6.45, 7) is 16.1. The van der Waals surface area contributed by atoms with Crippen molar-refractivity contribution in [2.24, 2.45) is 0 Å². The van der Waals surface area contributed by atoms with Crippen LogP contribution < -0.4 is 0 Å². The molecular formula is C29H49N5O10. The van der Waals surface area contributed by atoms with Crippen LogP contribution in [0.4, 0.5) is 14.4 Å². The van der Waals surface area contributed by atoms with Gasteiger partial charge in [0.05, 0.1) is 6.54 Å². The van der Waals surface area contributed by atoms with Gasteiger partial charge in [-0.1, -0.05) is 0 Å². The van der Waals surface area contributed by atoms with Crippen molar-refractivity contribution in [2.45, 2.75) is 92.0 Å². The molecule has 0 aromatic carbocycles. The van der Waals surface area contributed by atoms with Gasteiger partial charge in [-0.25, -0.2) is 19.2 Å². The number of hydroxylamine groups is 2. The smallest absolute Gasteiger partial charge is 0.410 e. The summed E-state index contributed by atoms with van der Waals surface area (Å²) in [5.41, 5.74) is -2.33. The molecule has 5 amide bonds. The molecule has 250 valence electrons. The van der Waals surface area contributed by atoms with Crippen molar-refractivity contribution in [2.75, 3.05) is 58.9 Å². The summed E-state index contributed by atoms with van der Waals surface area (Å²) in [6, 6.07) is 0. The zero-order chi connectivity index (χ0) is 33.5. The molecule has 2 rings (SSSR count). The van der Waals surface area contributed by atoms with Gasteiger partial charge in [0.15, 0.2) is 0 Å². The summed E-state index contributed by atoms with van der Waals surface area (Å²) in [6.07, 6.45) is -1.88. The maximum atomic E-state index is 13.1. The van der Waals surface area contributed by atoms with E-state index in [1.54, 1.807) is 67.2 Å². The zero-order valence-electron chi connectivity index (χ0n) is 27.6. The Bertz CT molecular complexity index is 1020. The van der Waals surface area contributed by atoms with E-state index in [0.717, 1.165) is 0 Å². The van der Waals surface area contributed by atoms with E-state index in [2.05, 4.69) is 0 Å². The fourth-order valence-electron chi connectivity index (χ4n) is 4.11. The second-order valence-corrected chi connectivity index (χ2v) is 13.7. The van der Waals surface area contributed by atoms with Gasteiger partial charge in [-0.15, -0.1) is 5.06 Å². The average molecular weight is 628 g/mol. The molecule has 0 aromatic heterocycles. The Balaban J connectivity index is 2.33. The quantitative estimate of drug-likeness (QED) is 0.335. The van der Waals surface area contributed by atoms with Gasteiger partial charge in [0.2, 0.25) is 0 Å². The van der Waals surface area contributed by atoms with Crippen LogP contribution in [0, 0.1) is 0 Å². The molecular weight excluding hydrogens is 578 g/mol. The van der Waals surface area contributed by atoms with Crippen LogP contribution in [0.15, 0.2) is 0 Å². The Morgan fingerprint density at radius 2 is 0.841 bits per heavy atom. The third-order valence-electron chi connectivity index (χ3n) is 6.16. The van der Waals surface area contributed by atoms with Crippen LogP contribution in [0.3, 0.4) is 0 Å². The lowest BCUT2D eigenvalue weighted by Gasteiger charge is -2.35. The summed E-state index contributed by atoms with van der Waals surface area (Å²) >= 11 is 0. The van der Waals surface area contributed by atoms with Gasteiger partial charge >= 0.3 is 24.2 Å². The molecule has 0 unspecified atom stereocenters. The summed E-state index contributed by atoms with van der Waals surface area (Å²) in [4.78, 5) is 87.1. The monoisotopic (exact) mass is 627 g/mol. The van der Waals surface area contributed by atoms with Crippen LogP contribution >= 0.6 is 0 Å². The molecule has 2 heterocycles. The molecule has 0 aromatic rings. The molecule has 2 aliphatic heterocycles. The normalized spacial score (nSPS) is 18.4. The highest BCUT2D eigenvalue weighted by molar-refractivity contribution is 6.01. The number of ether oxygens (including phenoxy) is 3. The molecule has 0 radical (unpaired) electrons. The third-order valence-corrected chi connectivity index (χ3v) is 6.16. The molecule has 0 N–H and O–H groups in total. The lowest BCUT2D eigenvalue weighted by atomic mass is 10.2. The number of carbonyl (C=O) groups is 6. The first kappa shape index (κ1) is 36.6. The van der Waals surface area contributed by atoms with Gasteiger partial charge < -0.3 is 33.7 Å². The Kier molecular flexibility index (Phi) is 12.4. The maximum absolute atomic E-state index is 13.1. The van der Waals surface area contributed by atoms with Gasteiger partial charge in [0.25, 0.3) is 11.8 Å². The Morgan fingerprint density at radius 3 is 1.14 bits per heavy atom. The van der Waals surface area contributed by atoms with Crippen molar-refractivity contribution < 1.29 is 47.8 Å². The van der Waals surface area contributed by atoms with E-state index in [1.807, 2.05) is 0 Å². The number of hydrogen-bond acceptors (Lipinski definition) is 11. The SMILES string of the molecule is CC(C)(C)OC(=O)N1CCN(CC(=O)ON2C(=O)CCC2=O)CCN(C(=O)OC(C)(C)C)CCN(C(=O)OC(C)(C)C)CC1. The Labute approximate surface area is 259 Å². The first-order chi connectivity index (χ1) is 20.1. The topological polar surface area (TPSA) is 156 Å². The lowest BCUT2D eigenvalue weighted by molar-refractivity contribution is -0.198. The summed E-state index contributed by atoms with van der Waals surface area (Å²) in [5.74, 6) is -2.04. The van der Waals surface area contributed by atoms with Gasteiger partial charge in [-0.05, 0) is 62.3 Å². The number of carbonyl (C=O) groups excluding carboxylic acids is 6. The highest BCUT2D eigenvalue weighted by Crippen LogP contribution is 2.16. The Morgan fingerprint density at radius 1 is 0.545 bits per heavy atom. The van der Waals surface area contributed by atoms with Crippen molar-refractivity contribution in [1.82, 2.24) is 24.7 Å². The van der Waals surface area contributed by atoms with Crippen LogP contribution in [0.25, 0.3) is 0 Å². The van der Waals surface area contributed by atoms with E-state index in [9.17, 15) is 28.8 Å². The van der Waals surface area contributed by atoms with Gasteiger partial charge in [-0.3, -0.25) is 14.5 Å². The second-order valence-electron chi connectivity index (χ2n) is 13.7. The van der Waals surface area contributed by atoms with Crippen LogP contribution in [0.2, 0.25) is 0 Å². The minimum atomic E-state index is -0.843. The predicted molar refractivity (Wildman–Crippen MR) is 157 cm³/mol. The van der Waals surface area contributed by atoms with Crippen LogP contribution in [-0.2, 0) is 33.4 Å². The minimum Gasteiger partial charge on any atom is -0.444 e. The van der Waals surface area contributed by atoms with E-state index in [4.69, 9.17) is 19.0 Å². The van der Waals surface area contributed by atoms with E-state index >= 15 is 0 Å². The van der Waals surface area contributed by atoms with Crippen molar-refractivity contribution in [3.05, 3.63) is 0 Å². The third kappa shape index (κ3) is 12.9. The van der Waals surface area contributed by atoms with E-state index < -0.39 is 52.9 Å². The van der Waals surface area contributed by atoms with E-state index in [1.165, 1.54) is 14.7 Å². The fraction of sp³-hybridized carbons (Fsp3) is 0.793. The molecule has 15 heteroatoms. The molecule has 0 atom stereocenters. The summed E-state index contributed by atoms with van der Waals surface area (Å²) in [5, 5.41) is 0.476. The van der Waals surface area contributed by atoms with Gasteiger partial charge in [0, 0.05) is 65.2 Å². The number of imide groups is 1. The molecule has 0 saturated carbocycles. The van der Waals surface area contributed by atoms with Crippen molar-refractivity contribution >= 4 is 36.1 Å². The highest BCUT2D eigenvalue weighted by atomic mass is 16.7. The molecule has 44 heavy (non-hydrogen) atoms. The second kappa shape index (κ2) is 14.9. The molecule has 2 fully saturated rings. The van der Waals surface area contributed by atoms with Crippen molar-refractivity contribution in [3.8, 4) is 0 Å². The van der Waals surface area contributed by atoms with E-state index in [0.29, 0.717) is 5.06 Å². The average Bonchev–Trinajstić information content (AvgIpc) is 3.14. The fourth-order valence-corrected chi connectivity index (χ4v) is 4.11. The van der Waals surface area contributed by atoms with Crippen LogP contribution in [-0.4, -0.2) is 136 Å². The number of hydrogen-bond donors (Lipinski definition) is 0. The first-order valence-corrected chi connectivity index (χ1v) is 14.9. The maximum Gasteiger partial charge on any atom is 0.410 e. The largest absolute Gasteiger partial charge is 0.444 e. The number of rotatable bonds is 3. The van der Waals surface area contributed by atoms with E-state index in [-0.39, 0.29) is 71.7 Å². The van der Waals surface area contributed by atoms with Crippen LogP contribution in [0.5, 0.6) is 0 Å². The number of amides is 5. The molecule has 2 aliphatic rings. The molecule has 0 bridgehead atoms. The van der Waals surface area contributed by atoms with Gasteiger partial charge in [0.1, 0.15) is 16.8 Å².